The van der Waals surface area contributed by atoms with Gasteiger partial charge in [0.05, 0.1) is 11.0 Å². The van der Waals surface area contributed by atoms with E-state index in [1.165, 1.54) is 60.9 Å². The van der Waals surface area contributed by atoms with Crippen LogP contribution in [0.3, 0.4) is 0 Å². The fourth-order valence-corrected chi connectivity index (χ4v) is 7.16. The van der Waals surface area contributed by atoms with Gasteiger partial charge in [0.15, 0.2) is 0 Å². The van der Waals surface area contributed by atoms with Gasteiger partial charge in [-0.2, -0.15) is 0 Å². The van der Waals surface area contributed by atoms with E-state index in [0.717, 1.165) is 17.1 Å². The maximum Gasteiger partial charge on any atom is 0.0547 e. The minimum atomic E-state index is 1.11. The van der Waals surface area contributed by atoms with Crippen LogP contribution in [0.4, 0.5) is 17.1 Å². The van der Waals surface area contributed by atoms with Crippen molar-refractivity contribution in [2.24, 2.45) is 0 Å². The second-order valence-electron chi connectivity index (χ2n) is 12.6. The number of anilines is 3. The summed E-state index contributed by atoms with van der Waals surface area (Å²) in [6, 6.07) is 74.0. The van der Waals surface area contributed by atoms with Crippen LogP contribution < -0.4 is 4.90 Å². The molecule has 0 N–H and O–H groups in total. The lowest BCUT2D eigenvalue weighted by molar-refractivity contribution is 1.18. The number of hydrogen-bond acceptors (Lipinski definition) is 1. The number of para-hydroxylation sites is 3. The third-order valence-electron chi connectivity index (χ3n) is 9.57. The molecule has 0 fully saturated rings. The van der Waals surface area contributed by atoms with Crippen molar-refractivity contribution in [1.82, 2.24) is 4.57 Å². The van der Waals surface area contributed by atoms with Gasteiger partial charge in [-0.25, -0.2) is 0 Å². The first-order chi connectivity index (χ1) is 24.8. The maximum absolute atomic E-state index is 2.38. The van der Waals surface area contributed by atoms with Gasteiger partial charge in [0.25, 0.3) is 0 Å². The summed E-state index contributed by atoms with van der Waals surface area (Å²) in [5, 5.41) is 2.53. The molecule has 50 heavy (non-hydrogen) atoms. The Morgan fingerprint density at radius 3 is 1.36 bits per heavy atom. The van der Waals surface area contributed by atoms with Crippen LogP contribution in [0, 0.1) is 0 Å². The summed E-state index contributed by atoms with van der Waals surface area (Å²) in [6.45, 7) is 0. The molecule has 2 nitrogen and oxygen atoms in total. The van der Waals surface area contributed by atoms with Crippen LogP contribution in [0.15, 0.2) is 206 Å². The molecule has 0 unspecified atom stereocenters. The molecule has 236 valence electrons. The molecule has 0 aliphatic carbocycles. The zero-order valence-corrected chi connectivity index (χ0v) is 27.5. The van der Waals surface area contributed by atoms with Gasteiger partial charge in [-0.3, -0.25) is 0 Å². The van der Waals surface area contributed by atoms with E-state index in [4.69, 9.17) is 0 Å². The first-order valence-electron chi connectivity index (χ1n) is 17.1. The Hall–Kier alpha value is -6.64. The van der Waals surface area contributed by atoms with Crippen molar-refractivity contribution in [2.45, 2.75) is 0 Å². The number of hydrogen-bond donors (Lipinski definition) is 0. The van der Waals surface area contributed by atoms with Crippen molar-refractivity contribution in [1.29, 1.82) is 0 Å². The van der Waals surface area contributed by atoms with Gasteiger partial charge in [-0.1, -0.05) is 146 Å². The summed E-state index contributed by atoms with van der Waals surface area (Å²) >= 11 is 0. The molecule has 8 aromatic carbocycles. The predicted octanol–water partition coefficient (Wildman–Crippen LogP) is 13.3. The van der Waals surface area contributed by atoms with Gasteiger partial charge in [0.2, 0.25) is 0 Å². The van der Waals surface area contributed by atoms with Crippen molar-refractivity contribution < 1.29 is 0 Å². The molecule has 1 heterocycles. The van der Waals surface area contributed by atoms with Gasteiger partial charge in [-0.05, 0) is 94.0 Å². The molecular formula is C48H34N2. The van der Waals surface area contributed by atoms with Crippen LogP contribution in [0.25, 0.3) is 60.9 Å². The highest BCUT2D eigenvalue weighted by molar-refractivity contribution is 6.10. The predicted molar refractivity (Wildman–Crippen MR) is 212 cm³/mol. The van der Waals surface area contributed by atoms with Crippen molar-refractivity contribution in [3.8, 4) is 39.1 Å². The third kappa shape index (κ3) is 5.43. The number of fused-ring (bicyclic) bond motifs is 3. The molecular weight excluding hydrogens is 605 g/mol. The number of benzene rings is 8. The first kappa shape index (κ1) is 29.5. The second-order valence-corrected chi connectivity index (χ2v) is 12.6. The Bertz CT molecular complexity index is 2570. The van der Waals surface area contributed by atoms with Gasteiger partial charge >= 0.3 is 0 Å². The molecule has 9 aromatic rings. The monoisotopic (exact) mass is 638 g/mol. The lowest BCUT2D eigenvalue weighted by Crippen LogP contribution is -2.10. The highest BCUT2D eigenvalue weighted by Crippen LogP contribution is 2.39. The van der Waals surface area contributed by atoms with Crippen LogP contribution in [0.2, 0.25) is 0 Å². The van der Waals surface area contributed by atoms with Crippen molar-refractivity contribution in [3.63, 3.8) is 0 Å². The number of rotatable bonds is 7. The highest BCUT2D eigenvalue weighted by atomic mass is 15.1. The summed E-state index contributed by atoms with van der Waals surface area (Å²) in [6.07, 6.45) is 0. The van der Waals surface area contributed by atoms with Gasteiger partial charge in [-0.15, -0.1) is 0 Å². The van der Waals surface area contributed by atoms with E-state index in [1.807, 2.05) is 0 Å². The maximum atomic E-state index is 2.38. The Balaban J connectivity index is 1.08. The molecule has 0 aliphatic rings. The largest absolute Gasteiger partial charge is 0.310 e. The van der Waals surface area contributed by atoms with Crippen LogP contribution >= 0.6 is 0 Å². The van der Waals surface area contributed by atoms with Crippen LogP contribution in [0.1, 0.15) is 0 Å². The summed E-state index contributed by atoms with van der Waals surface area (Å²) in [4.78, 5) is 2.34. The summed E-state index contributed by atoms with van der Waals surface area (Å²) in [5.74, 6) is 0. The first-order valence-corrected chi connectivity index (χ1v) is 17.1. The van der Waals surface area contributed by atoms with E-state index >= 15 is 0 Å². The topological polar surface area (TPSA) is 8.17 Å². The minimum Gasteiger partial charge on any atom is -0.310 e. The standard InChI is InChI=1S/C48H34N2/c1-4-14-35(15-5-1)38-16-12-22-43(32-38)49(41-18-6-2-7-19-41)44-23-13-17-39(33-44)36-26-28-37(29-27-36)40-30-31-46-45-24-10-11-25-47(45)50(48(46)34-40)42-20-8-3-9-21-42/h1-34H. The van der Waals surface area contributed by atoms with E-state index < -0.39 is 0 Å². The number of nitrogens with zero attached hydrogens (tertiary/aromatic N) is 2. The van der Waals surface area contributed by atoms with Crippen molar-refractivity contribution in [2.75, 3.05) is 4.90 Å². The normalized spacial score (nSPS) is 11.2. The Morgan fingerprint density at radius 2 is 0.720 bits per heavy atom. The third-order valence-corrected chi connectivity index (χ3v) is 9.57. The molecule has 0 amide bonds. The molecule has 0 radical (unpaired) electrons. The zero-order chi connectivity index (χ0) is 33.3. The molecule has 0 atom stereocenters. The average Bonchev–Trinajstić information content (AvgIpc) is 3.53. The van der Waals surface area contributed by atoms with Gasteiger partial charge < -0.3 is 9.47 Å². The fourth-order valence-electron chi connectivity index (χ4n) is 7.16. The lowest BCUT2D eigenvalue weighted by atomic mass is 9.98. The summed E-state index contributed by atoms with van der Waals surface area (Å²) in [7, 11) is 0. The van der Waals surface area contributed by atoms with Crippen LogP contribution in [-0.2, 0) is 0 Å². The summed E-state index contributed by atoms with van der Waals surface area (Å²) in [5.41, 5.74) is 14.1. The smallest absolute Gasteiger partial charge is 0.0547 e. The van der Waals surface area contributed by atoms with Crippen molar-refractivity contribution in [3.05, 3.63) is 206 Å². The second kappa shape index (κ2) is 12.8. The molecule has 1 aromatic heterocycles. The van der Waals surface area contributed by atoms with E-state index in [1.54, 1.807) is 0 Å². The van der Waals surface area contributed by atoms with E-state index in [9.17, 15) is 0 Å². The Kier molecular flexibility index (Phi) is 7.53. The SMILES string of the molecule is c1ccc(-c2cccc(N(c3ccccc3)c3cccc(-c4ccc(-c5ccc6c7ccccc7n(-c7ccccc7)c6c5)cc4)c3)c2)cc1. The molecule has 0 saturated carbocycles. The van der Waals surface area contributed by atoms with Gasteiger partial charge in [0.1, 0.15) is 0 Å². The lowest BCUT2D eigenvalue weighted by Gasteiger charge is -2.26. The Labute approximate surface area is 292 Å². The quantitative estimate of drug-likeness (QED) is 0.169. The van der Waals surface area contributed by atoms with Gasteiger partial charge in [0, 0.05) is 33.5 Å². The van der Waals surface area contributed by atoms with E-state index in [0.29, 0.717) is 0 Å². The molecule has 0 aliphatic heterocycles. The Morgan fingerprint density at radius 1 is 0.280 bits per heavy atom. The molecule has 2 heteroatoms. The van der Waals surface area contributed by atoms with Crippen LogP contribution in [-0.4, -0.2) is 4.57 Å². The number of aromatic nitrogens is 1. The van der Waals surface area contributed by atoms with Crippen LogP contribution in [0.5, 0.6) is 0 Å². The molecule has 0 bridgehead atoms. The zero-order valence-electron chi connectivity index (χ0n) is 27.5. The molecule has 0 saturated heterocycles. The van der Waals surface area contributed by atoms with E-state index in [-0.39, 0.29) is 0 Å². The fraction of sp³-hybridized carbons (Fsp3) is 0. The summed E-state index contributed by atoms with van der Waals surface area (Å²) < 4.78 is 2.38. The van der Waals surface area contributed by atoms with Crippen molar-refractivity contribution >= 4 is 38.9 Å². The molecule has 0 spiro atoms. The average molecular weight is 639 g/mol. The van der Waals surface area contributed by atoms with E-state index in [2.05, 4.69) is 216 Å². The molecule has 9 rings (SSSR count). The minimum absolute atomic E-state index is 1.11. The highest BCUT2D eigenvalue weighted by Gasteiger charge is 2.15.